The number of unbranched alkanes of at least 4 members (excludes halogenated alkanes) is 3. The van der Waals surface area contributed by atoms with E-state index in [1.54, 1.807) is 13.3 Å². The SMILES string of the molecule is CCC[CH2][Sn+]([CH2]CCC)[CH2]CCC.[Br-]. The largest absolute Gasteiger partial charge is 1.00 e. The van der Waals surface area contributed by atoms with Crippen LogP contribution in [0.1, 0.15) is 59.3 Å². The Morgan fingerprint density at radius 2 is 0.929 bits per heavy atom. The van der Waals surface area contributed by atoms with E-state index in [2.05, 4.69) is 20.8 Å². The molecule has 2 heteroatoms. The average molecular weight is 370 g/mol. The molecular weight excluding hydrogens is 343 g/mol. The van der Waals surface area contributed by atoms with Crippen molar-refractivity contribution in [3.8, 4) is 0 Å². The molecule has 0 aromatic carbocycles. The fourth-order valence-corrected chi connectivity index (χ4v) is 11.1. The van der Waals surface area contributed by atoms with Crippen LogP contribution in [0.5, 0.6) is 0 Å². The molecule has 14 heavy (non-hydrogen) atoms. The molecule has 0 saturated carbocycles. The van der Waals surface area contributed by atoms with E-state index in [1.807, 2.05) is 0 Å². The molecule has 0 radical (unpaired) electrons. The first-order chi connectivity index (χ1) is 6.35. The van der Waals surface area contributed by atoms with Crippen LogP contribution in [-0.4, -0.2) is 19.8 Å². The van der Waals surface area contributed by atoms with Crippen LogP contribution in [0, 0.1) is 0 Å². The van der Waals surface area contributed by atoms with E-state index in [0.29, 0.717) is 0 Å². The second kappa shape index (κ2) is 14.3. The van der Waals surface area contributed by atoms with Crippen molar-refractivity contribution >= 4 is 19.8 Å². The molecule has 0 bridgehead atoms. The molecule has 0 aromatic rings. The van der Waals surface area contributed by atoms with Crippen molar-refractivity contribution in [3.05, 3.63) is 0 Å². The summed E-state index contributed by atoms with van der Waals surface area (Å²) in [4.78, 5) is 0. The Morgan fingerprint density at radius 3 is 1.14 bits per heavy atom. The number of hydrogen-bond acceptors (Lipinski definition) is 0. The van der Waals surface area contributed by atoms with E-state index in [4.69, 9.17) is 0 Å². The second-order valence-electron chi connectivity index (χ2n) is 4.06. The first kappa shape index (κ1) is 17.7. The third-order valence-corrected chi connectivity index (χ3v) is 11.7. The van der Waals surface area contributed by atoms with Crippen LogP contribution < -0.4 is 17.0 Å². The maximum atomic E-state index is 2.33. The monoisotopic (exact) mass is 370 g/mol. The minimum atomic E-state index is -0.839. The van der Waals surface area contributed by atoms with E-state index in [0.717, 1.165) is 0 Å². The Labute approximate surface area is 109 Å². The molecule has 0 fully saturated rings. The van der Waals surface area contributed by atoms with Crippen LogP contribution in [0.25, 0.3) is 0 Å². The molecule has 0 unspecified atom stereocenters. The zero-order valence-corrected chi connectivity index (χ0v) is 14.7. The predicted octanol–water partition coefficient (Wildman–Crippen LogP) is 1.89. The molecular formula is C12H27BrSn. The van der Waals surface area contributed by atoms with E-state index >= 15 is 0 Å². The summed E-state index contributed by atoms with van der Waals surface area (Å²) in [5.41, 5.74) is 0. The van der Waals surface area contributed by atoms with Crippen molar-refractivity contribution in [2.45, 2.75) is 72.6 Å². The van der Waals surface area contributed by atoms with E-state index in [-0.39, 0.29) is 17.0 Å². The summed E-state index contributed by atoms with van der Waals surface area (Å²) in [6, 6.07) is 0. The summed E-state index contributed by atoms with van der Waals surface area (Å²) in [5, 5.41) is 0. The Morgan fingerprint density at radius 1 is 0.643 bits per heavy atom. The minimum Gasteiger partial charge on any atom is -1.00 e. The van der Waals surface area contributed by atoms with Gasteiger partial charge in [-0.1, -0.05) is 0 Å². The van der Waals surface area contributed by atoms with Crippen LogP contribution in [0.15, 0.2) is 0 Å². The van der Waals surface area contributed by atoms with Gasteiger partial charge >= 0.3 is 92.4 Å². The van der Waals surface area contributed by atoms with Crippen LogP contribution >= 0.6 is 0 Å². The van der Waals surface area contributed by atoms with Gasteiger partial charge in [-0.3, -0.25) is 0 Å². The number of rotatable bonds is 9. The fraction of sp³-hybridized carbons (Fsp3) is 1.00. The van der Waals surface area contributed by atoms with Gasteiger partial charge in [-0.05, 0) is 0 Å². The summed E-state index contributed by atoms with van der Waals surface area (Å²) in [6.07, 6.45) is 8.85. The van der Waals surface area contributed by atoms with Crippen LogP contribution in [0.2, 0.25) is 13.3 Å². The molecule has 0 aliphatic carbocycles. The summed E-state index contributed by atoms with van der Waals surface area (Å²) in [5.74, 6) is 0. The Hall–Kier alpha value is 1.28. The summed E-state index contributed by atoms with van der Waals surface area (Å²) in [7, 11) is 0. The van der Waals surface area contributed by atoms with Crippen molar-refractivity contribution in [2.24, 2.45) is 0 Å². The minimum absolute atomic E-state index is 0. The quantitative estimate of drug-likeness (QED) is 0.544. The zero-order valence-electron chi connectivity index (χ0n) is 10.2. The van der Waals surface area contributed by atoms with Gasteiger partial charge in [0.2, 0.25) is 0 Å². The van der Waals surface area contributed by atoms with Gasteiger partial charge in [0.15, 0.2) is 0 Å². The molecule has 0 aliphatic heterocycles. The van der Waals surface area contributed by atoms with E-state index in [9.17, 15) is 0 Å². The molecule has 0 nitrogen and oxygen atoms in total. The summed E-state index contributed by atoms with van der Waals surface area (Å²) in [6.45, 7) is 7.00. The zero-order chi connectivity index (χ0) is 9.94. The molecule has 0 N–H and O–H groups in total. The third-order valence-electron chi connectivity index (χ3n) is 2.65. The molecule has 0 spiro atoms. The summed E-state index contributed by atoms with van der Waals surface area (Å²) < 4.78 is 5.04. The van der Waals surface area contributed by atoms with Gasteiger partial charge in [-0.2, -0.15) is 0 Å². The van der Waals surface area contributed by atoms with Gasteiger partial charge in [-0.15, -0.1) is 0 Å². The fourth-order valence-electron chi connectivity index (χ4n) is 1.66. The van der Waals surface area contributed by atoms with Crippen molar-refractivity contribution in [1.82, 2.24) is 0 Å². The maximum Gasteiger partial charge on any atom is -1.00 e. The van der Waals surface area contributed by atoms with Gasteiger partial charge in [0.1, 0.15) is 0 Å². The molecule has 0 aromatic heterocycles. The van der Waals surface area contributed by atoms with Crippen molar-refractivity contribution < 1.29 is 17.0 Å². The summed E-state index contributed by atoms with van der Waals surface area (Å²) >= 11 is -0.839. The van der Waals surface area contributed by atoms with Gasteiger partial charge in [0.25, 0.3) is 0 Å². The first-order valence-electron chi connectivity index (χ1n) is 6.18. The smallest absolute Gasteiger partial charge is 1.00 e. The van der Waals surface area contributed by atoms with Gasteiger partial charge < -0.3 is 17.0 Å². The van der Waals surface area contributed by atoms with Gasteiger partial charge in [0, 0.05) is 0 Å². The van der Waals surface area contributed by atoms with Crippen molar-refractivity contribution in [3.63, 3.8) is 0 Å². The first-order valence-corrected chi connectivity index (χ1v) is 12.2. The van der Waals surface area contributed by atoms with Crippen LogP contribution in [0.4, 0.5) is 0 Å². The number of halogens is 1. The molecule has 0 heterocycles. The molecule has 0 aliphatic rings. The Kier molecular flexibility index (Phi) is 18.0. The van der Waals surface area contributed by atoms with Crippen LogP contribution in [-0.2, 0) is 0 Å². The molecule has 0 rings (SSSR count). The van der Waals surface area contributed by atoms with Gasteiger partial charge in [-0.25, -0.2) is 0 Å². The standard InChI is InChI=1S/3C4H9.BrH.Sn/c3*1-3-4-2;;/h3*1,3-4H2,2H3;1H;/q;;;;+1/p-1. The normalized spacial score (nSPS) is 9.64. The predicted molar refractivity (Wildman–Crippen MR) is 64.9 cm³/mol. The molecule has 0 amide bonds. The number of hydrogen-bond donors (Lipinski definition) is 0. The van der Waals surface area contributed by atoms with Crippen molar-refractivity contribution in [2.75, 3.05) is 0 Å². The second-order valence-corrected chi connectivity index (χ2v) is 12.6. The maximum absolute atomic E-state index is 2.33. The average Bonchev–Trinajstić information content (AvgIpc) is 2.17. The molecule has 0 atom stereocenters. The Bertz CT molecular complexity index is 77.3. The molecule has 0 saturated heterocycles. The molecule has 86 valence electrons. The topological polar surface area (TPSA) is 0 Å². The van der Waals surface area contributed by atoms with E-state index in [1.165, 1.54) is 38.5 Å². The third kappa shape index (κ3) is 11.4. The van der Waals surface area contributed by atoms with Crippen LogP contribution in [0.3, 0.4) is 0 Å². The Balaban J connectivity index is 0. The van der Waals surface area contributed by atoms with E-state index < -0.39 is 19.8 Å². The van der Waals surface area contributed by atoms with Gasteiger partial charge in [0.05, 0.1) is 0 Å². The van der Waals surface area contributed by atoms with Crippen molar-refractivity contribution in [1.29, 1.82) is 0 Å².